The SMILES string of the molecule is CC(C)(C)NC(=O)c1cc2ccccc2c(N=Nc2c(C#N)cnn2-c2ncccn2)c1O.COc1ccc(NC(=O)c2cc3cc(OC)ccc3c(N=Nc3c(C#N)cnn3-c3ncccn3)c2O)cc1.COc1ccc2c(N=Nc3c(C#N)cnn3-c3ncccn3)c(O)c(C(=O)Nc3ccccc3)cc2c1.N#Cc1cnn(-c2ncccn2)c1N=Nc1c(O)c(C(=O)Nc2ccccn2)cc2ccccc12. The number of phenols is 4. The third kappa shape index (κ3) is 21.4. The lowest BCUT2D eigenvalue weighted by Gasteiger charge is -2.21. The van der Waals surface area contributed by atoms with E-state index in [-0.39, 0.29) is 132 Å². The second kappa shape index (κ2) is 43.4. The van der Waals surface area contributed by atoms with Crippen molar-refractivity contribution >= 4 is 130 Å². The average molecular weight is 1910 g/mol. The second-order valence-corrected chi connectivity index (χ2v) is 31.1. The van der Waals surface area contributed by atoms with Gasteiger partial charge in [-0.05, 0) is 176 Å². The Morgan fingerprint density at radius 3 is 0.931 bits per heavy atom. The number of benzene rings is 10. The quantitative estimate of drug-likeness (QED) is 0.0292. The highest BCUT2D eigenvalue weighted by molar-refractivity contribution is 6.15. The molecule has 19 aromatic rings. The highest BCUT2D eigenvalue weighted by atomic mass is 16.5. The molecule has 9 heterocycles. The summed E-state index contributed by atoms with van der Waals surface area (Å²) in [4.78, 5) is 89.3. The van der Waals surface area contributed by atoms with Crippen LogP contribution in [0.25, 0.3) is 66.9 Å². The van der Waals surface area contributed by atoms with Crippen LogP contribution >= 0.6 is 0 Å². The summed E-state index contributed by atoms with van der Waals surface area (Å²) in [5.41, 5.74) is 1.28. The Hall–Kier alpha value is -21.6. The maximum absolute atomic E-state index is 13.2. The number of nitrogens with one attached hydrogen (secondary N) is 4. The fourth-order valence-corrected chi connectivity index (χ4v) is 14.0. The summed E-state index contributed by atoms with van der Waals surface area (Å²) >= 11 is 0. The van der Waals surface area contributed by atoms with Gasteiger partial charge in [0.1, 0.15) is 92.3 Å². The number of azo groups is 4. The zero-order chi connectivity index (χ0) is 101. The number of carbonyl (C=O) groups is 4. The van der Waals surface area contributed by atoms with Gasteiger partial charge in [-0.2, -0.15) is 60.2 Å². The number of aromatic nitrogens is 17. The van der Waals surface area contributed by atoms with Crippen LogP contribution < -0.4 is 35.5 Å². The molecule has 0 spiro atoms. The van der Waals surface area contributed by atoms with Crippen molar-refractivity contribution in [2.24, 2.45) is 40.9 Å². The van der Waals surface area contributed by atoms with Gasteiger partial charge < -0.3 is 55.9 Å². The number of phenolic OH excluding ortho intramolecular Hbond substituents is 4. The number of nitriles is 4. The molecule has 0 fully saturated rings. The van der Waals surface area contributed by atoms with Gasteiger partial charge in [-0.15, -0.1) is 40.9 Å². The molecule has 0 aliphatic heterocycles. The van der Waals surface area contributed by atoms with Gasteiger partial charge in [0.05, 0.1) is 68.4 Å². The molecule has 10 aromatic carbocycles. The van der Waals surface area contributed by atoms with E-state index in [0.29, 0.717) is 77.5 Å². The minimum absolute atomic E-state index is 0.0105. The van der Waals surface area contributed by atoms with Crippen molar-refractivity contribution in [2.45, 2.75) is 26.3 Å². The topological polar surface area (TPSA) is 606 Å². The van der Waals surface area contributed by atoms with Crippen LogP contribution in [0.5, 0.6) is 40.2 Å². The van der Waals surface area contributed by atoms with E-state index in [1.54, 1.807) is 195 Å². The van der Waals surface area contributed by atoms with E-state index in [4.69, 9.17) is 14.2 Å². The number of rotatable bonds is 22. The molecule has 144 heavy (non-hydrogen) atoms. The van der Waals surface area contributed by atoms with Crippen molar-refractivity contribution in [2.75, 3.05) is 37.3 Å². The van der Waals surface area contributed by atoms with E-state index in [0.717, 1.165) is 0 Å². The van der Waals surface area contributed by atoms with Crippen LogP contribution in [0.4, 0.5) is 63.2 Å². The van der Waals surface area contributed by atoms with Gasteiger partial charge in [0, 0.05) is 94.2 Å². The largest absolute Gasteiger partial charge is 0.505 e. The van der Waals surface area contributed by atoms with Crippen molar-refractivity contribution in [3.05, 3.63) is 331 Å². The molecule has 0 radical (unpaired) electrons. The van der Waals surface area contributed by atoms with E-state index in [1.165, 1.54) is 113 Å². The number of fused-ring (bicyclic) bond motifs is 4. The minimum Gasteiger partial charge on any atom is -0.505 e. The Morgan fingerprint density at radius 1 is 0.312 bits per heavy atom. The van der Waals surface area contributed by atoms with Crippen molar-refractivity contribution in [1.29, 1.82) is 21.0 Å². The van der Waals surface area contributed by atoms with Gasteiger partial charge in [-0.1, -0.05) is 72.8 Å². The molecule has 0 aliphatic rings. The number of aromatic hydroxyl groups is 4. The highest BCUT2D eigenvalue weighted by Gasteiger charge is 2.28. The summed E-state index contributed by atoms with van der Waals surface area (Å²) in [6.45, 7) is 5.54. The molecule has 44 heteroatoms. The van der Waals surface area contributed by atoms with Gasteiger partial charge >= 0.3 is 0 Å². The third-order valence-corrected chi connectivity index (χ3v) is 20.7. The Bertz CT molecular complexity index is 8390. The van der Waals surface area contributed by atoms with E-state index < -0.39 is 34.9 Å². The lowest BCUT2D eigenvalue weighted by atomic mass is 10.0. The molecule has 0 atom stereocenters. The molecule has 8 N–H and O–H groups in total. The molecule has 704 valence electrons. The first kappa shape index (κ1) is 95.5. The maximum Gasteiger partial charge on any atom is 0.260 e. The molecular weight excluding hydrogens is 1840 g/mol. The van der Waals surface area contributed by atoms with Crippen LogP contribution in [0, 0.1) is 45.3 Å². The van der Waals surface area contributed by atoms with Gasteiger partial charge in [0.15, 0.2) is 46.3 Å². The van der Waals surface area contributed by atoms with Gasteiger partial charge in [0.25, 0.3) is 47.4 Å². The van der Waals surface area contributed by atoms with Gasteiger partial charge in [-0.3, -0.25) is 19.2 Å². The van der Waals surface area contributed by atoms with E-state index in [1.807, 2.05) is 63.2 Å². The zero-order valence-corrected chi connectivity index (χ0v) is 76.3. The van der Waals surface area contributed by atoms with E-state index in [9.17, 15) is 60.7 Å². The molecule has 19 rings (SSSR count). The number of para-hydroxylation sites is 1. The summed E-state index contributed by atoms with van der Waals surface area (Å²) < 4.78 is 20.9. The predicted octanol–water partition coefficient (Wildman–Crippen LogP) is 18.9. The standard InChI is InChI=1S/C27H20N8O4.C26H18N8O3.C24H15N9O2.C23H20N8O2/c1-38-19-6-4-18(5-7-19)32-26(37)22-13-16-12-20(39-2)8-9-21(16)23(24(22)36)33-34-25-17(14-28)15-31-35(25)27-29-10-3-11-30-27;1-37-19-8-9-20-16(12-19)13-21(25(36)31-18-6-3-2-4-7-18)23(35)22(20)32-33-24-17(14-27)15-30-34(24)26-28-10-5-11-29-26;25-13-16-14-29-33(24-27-10-5-11-28-24)22(16)32-31-20-17-7-2-1-6-15(17)12-18(21(20)34)23(35)30-19-8-3-4-9-26-19;1-23(2,3)28-21(33)17-11-14-7-4-5-8-16(14)18(19(17)32)29-30-20-15(12-24)13-27-31(20)22-25-9-6-10-26-22/h3-13,15,36H,1-2H3,(H,32,37);2-13,15,35H,1H3,(H,31,36);1-12,14,34H,(H,26,30,35);4-11,13,32H,1-3H3,(H,28,33). The highest BCUT2D eigenvalue weighted by Crippen LogP contribution is 2.46. The van der Waals surface area contributed by atoms with Crippen LogP contribution in [0.1, 0.15) is 84.5 Å². The first-order chi connectivity index (χ1) is 70.0. The molecule has 44 nitrogen and oxygen atoms in total. The summed E-state index contributed by atoms with van der Waals surface area (Å²) in [5, 5.41) is 149. The molecule has 0 aliphatic carbocycles. The fourth-order valence-electron chi connectivity index (χ4n) is 14.0. The molecule has 0 saturated heterocycles. The Labute approximate surface area is 814 Å². The number of methoxy groups -OCH3 is 3. The van der Waals surface area contributed by atoms with Crippen LogP contribution in [-0.2, 0) is 0 Å². The first-order valence-electron chi connectivity index (χ1n) is 42.8. The Morgan fingerprint density at radius 2 is 0.604 bits per heavy atom. The maximum atomic E-state index is 13.2. The molecule has 0 bridgehead atoms. The van der Waals surface area contributed by atoms with Crippen molar-refractivity contribution in [3.8, 4) is 88.3 Å². The summed E-state index contributed by atoms with van der Waals surface area (Å²) in [6, 6.07) is 66.1. The van der Waals surface area contributed by atoms with Crippen LogP contribution in [0.3, 0.4) is 0 Å². The van der Waals surface area contributed by atoms with Gasteiger partial charge in [-0.25, -0.2) is 44.9 Å². The van der Waals surface area contributed by atoms with E-state index in [2.05, 4.69) is 127 Å². The molecule has 0 unspecified atom stereocenters. The summed E-state index contributed by atoms with van der Waals surface area (Å²) in [7, 11) is 4.60. The average Bonchev–Trinajstić information content (AvgIpc) is 0.826. The van der Waals surface area contributed by atoms with Crippen LogP contribution in [0.2, 0.25) is 0 Å². The smallest absolute Gasteiger partial charge is 0.260 e. The van der Waals surface area contributed by atoms with Crippen LogP contribution in [-0.4, -0.2) is 155 Å². The number of ether oxygens (including phenoxy) is 3. The molecule has 4 amide bonds. The number of hydrogen-bond acceptors (Lipinski definition) is 36. The summed E-state index contributed by atoms with van der Waals surface area (Å²) in [5.74, 6) is -0.463. The number of anilines is 3. The molecule has 0 saturated carbocycles. The number of pyridine rings is 1. The molecule has 9 aromatic heterocycles. The van der Waals surface area contributed by atoms with Crippen molar-refractivity contribution in [1.82, 2.24) is 89.3 Å². The predicted molar refractivity (Wildman–Crippen MR) is 522 cm³/mol. The lowest BCUT2D eigenvalue weighted by Crippen LogP contribution is -2.40. The Balaban J connectivity index is 0.000000138. The van der Waals surface area contributed by atoms with Crippen molar-refractivity contribution in [3.63, 3.8) is 0 Å². The monoisotopic (exact) mass is 1910 g/mol. The Kier molecular flexibility index (Phi) is 28.8. The number of hydrogen-bond donors (Lipinski definition) is 8. The van der Waals surface area contributed by atoms with Crippen molar-refractivity contribution < 1.29 is 53.8 Å². The third-order valence-electron chi connectivity index (χ3n) is 20.7. The number of nitrogens with zero attached hydrogens (tertiary/aromatic N) is 29. The molecular formula is C100H73N33O11. The lowest BCUT2D eigenvalue weighted by molar-refractivity contribution is 0.0915. The van der Waals surface area contributed by atoms with Crippen LogP contribution in [0.15, 0.2) is 328 Å². The van der Waals surface area contributed by atoms with Gasteiger partial charge in [0.2, 0.25) is 0 Å². The zero-order valence-electron chi connectivity index (χ0n) is 76.3. The summed E-state index contributed by atoms with van der Waals surface area (Å²) in [6.07, 6.45) is 19.0. The minimum atomic E-state index is -0.570. The first-order valence-corrected chi connectivity index (χ1v) is 42.8. The fraction of sp³-hybridized carbons (Fsp3) is 0.0700. The normalized spacial score (nSPS) is 11.1. The number of amides is 4. The van der Waals surface area contributed by atoms with E-state index >= 15 is 0 Å². The second-order valence-electron chi connectivity index (χ2n) is 31.1. The number of carbonyl (C=O) groups excluding carboxylic acids is 4.